The van der Waals surface area contributed by atoms with Crippen LogP contribution in [0.2, 0.25) is 0 Å². The number of benzene rings is 2. The second-order valence-corrected chi connectivity index (χ2v) is 8.82. The molecule has 2 amide bonds. The van der Waals surface area contributed by atoms with Crippen LogP contribution in [0.5, 0.6) is 0 Å². The summed E-state index contributed by atoms with van der Waals surface area (Å²) < 4.78 is 0.612. The zero-order valence-electron chi connectivity index (χ0n) is 16.9. The number of carbonyl (C=O) groups is 2. The number of carbonyl (C=O) groups excluding carboxylic acids is 2. The molecule has 30 heavy (non-hydrogen) atoms. The van der Waals surface area contributed by atoms with Gasteiger partial charge in [-0.3, -0.25) is 14.5 Å². The molecule has 0 atom stereocenters. The van der Waals surface area contributed by atoms with Crippen LogP contribution in [-0.4, -0.2) is 34.1 Å². The Balaban J connectivity index is 1.32. The molecule has 0 radical (unpaired) electrons. The fourth-order valence-corrected chi connectivity index (χ4v) is 4.51. The number of rotatable bonds is 10. The van der Waals surface area contributed by atoms with Crippen molar-refractivity contribution < 1.29 is 9.59 Å². The molecule has 1 aliphatic heterocycles. The maximum atomic E-state index is 12.6. The van der Waals surface area contributed by atoms with Crippen molar-refractivity contribution in [3.05, 3.63) is 76.7 Å². The fourth-order valence-electron chi connectivity index (χ4n) is 3.20. The van der Waals surface area contributed by atoms with Gasteiger partial charge >= 0.3 is 0 Å². The molecule has 0 unspecified atom stereocenters. The van der Waals surface area contributed by atoms with Gasteiger partial charge in [0.25, 0.3) is 5.91 Å². The molecule has 1 heterocycles. The minimum absolute atomic E-state index is 0.0208. The van der Waals surface area contributed by atoms with Gasteiger partial charge in [-0.25, -0.2) is 0 Å². The van der Waals surface area contributed by atoms with Crippen LogP contribution in [0.1, 0.15) is 36.8 Å². The summed E-state index contributed by atoms with van der Waals surface area (Å²) >= 11 is 6.74. The second kappa shape index (κ2) is 11.7. The maximum Gasteiger partial charge on any atom is 0.266 e. The molecule has 1 aliphatic rings. The summed E-state index contributed by atoms with van der Waals surface area (Å²) in [6.45, 7) is 1.26. The summed E-state index contributed by atoms with van der Waals surface area (Å²) in [5.41, 5.74) is 2.22. The highest BCUT2D eigenvalue weighted by Crippen LogP contribution is 2.32. The van der Waals surface area contributed by atoms with Gasteiger partial charge in [-0.05, 0) is 36.5 Å². The summed E-state index contributed by atoms with van der Waals surface area (Å²) in [5, 5.41) is 2.97. The van der Waals surface area contributed by atoms with Crippen molar-refractivity contribution >= 4 is 46.2 Å². The van der Waals surface area contributed by atoms with Crippen LogP contribution < -0.4 is 5.32 Å². The van der Waals surface area contributed by atoms with Crippen LogP contribution >= 0.6 is 24.0 Å². The van der Waals surface area contributed by atoms with Gasteiger partial charge in [-0.2, -0.15) is 0 Å². The van der Waals surface area contributed by atoms with E-state index in [9.17, 15) is 9.59 Å². The lowest BCUT2D eigenvalue weighted by Crippen LogP contribution is -2.29. The van der Waals surface area contributed by atoms with E-state index >= 15 is 0 Å². The molecule has 0 aliphatic carbocycles. The molecule has 0 bridgehead atoms. The predicted octanol–water partition coefficient (Wildman–Crippen LogP) is 4.81. The number of nitrogens with zero attached hydrogens (tertiary/aromatic N) is 1. The van der Waals surface area contributed by atoms with Crippen molar-refractivity contribution in [2.24, 2.45) is 0 Å². The first kappa shape index (κ1) is 22.2. The lowest BCUT2D eigenvalue weighted by Gasteiger charge is -2.14. The number of amides is 2. The van der Waals surface area contributed by atoms with Crippen LogP contribution in [0, 0.1) is 0 Å². The largest absolute Gasteiger partial charge is 0.356 e. The predicted molar refractivity (Wildman–Crippen MR) is 128 cm³/mol. The molecule has 4 nitrogen and oxygen atoms in total. The van der Waals surface area contributed by atoms with E-state index < -0.39 is 0 Å². The van der Waals surface area contributed by atoms with Crippen LogP contribution in [0.25, 0.3) is 6.08 Å². The molecule has 1 N–H and O–H groups in total. The SMILES string of the molecule is O=C(CCCCCN1C(=O)/C(=C/c2ccccc2)SC1=S)NCCc1ccccc1. The molecule has 2 aromatic rings. The molecule has 0 spiro atoms. The lowest BCUT2D eigenvalue weighted by atomic mass is 10.1. The summed E-state index contributed by atoms with van der Waals surface area (Å²) in [4.78, 5) is 26.9. The van der Waals surface area contributed by atoms with Crippen molar-refractivity contribution in [2.45, 2.75) is 32.1 Å². The number of hydrogen-bond donors (Lipinski definition) is 1. The summed E-state index contributed by atoms with van der Waals surface area (Å²) in [7, 11) is 0. The number of nitrogens with one attached hydrogen (secondary N) is 1. The highest BCUT2D eigenvalue weighted by Gasteiger charge is 2.31. The van der Waals surface area contributed by atoms with Gasteiger partial charge in [0.15, 0.2) is 0 Å². The average Bonchev–Trinajstić information content (AvgIpc) is 3.02. The molecule has 0 saturated carbocycles. The van der Waals surface area contributed by atoms with Crippen molar-refractivity contribution in [3.8, 4) is 0 Å². The Kier molecular flexibility index (Phi) is 8.66. The Morgan fingerprint density at radius 2 is 1.70 bits per heavy atom. The van der Waals surface area contributed by atoms with Gasteiger partial charge in [0.05, 0.1) is 4.91 Å². The van der Waals surface area contributed by atoms with Gasteiger partial charge in [-0.1, -0.05) is 91.1 Å². The third kappa shape index (κ3) is 6.82. The zero-order chi connectivity index (χ0) is 21.2. The van der Waals surface area contributed by atoms with Gasteiger partial charge in [0.2, 0.25) is 5.91 Å². The molecule has 1 saturated heterocycles. The molecule has 6 heteroatoms. The summed E-state index contributed by atoms with van der Waals surface area (Å²) in [6, 6.07) is 19.9. The van der Waals surface area contributed by atoms with E-state index in [2.05, 4.69) is 17.4 Å². The highest BCUT2D eigenvalue weighted by molar-refractivity contribution is 8.26. The second-order valence-electron chi connectivity index (χ2n) is 7.14. The Labute approximate surface area is 187 Å². The van der Waals surface area contributed by atoms with Crippen LogP contribution in [0.15, 0.2) is 65.6 Å². The van der Waals surface area contributed by atoms with Crippen LogP contribution in [0.4, 0.5) is 0 Å². The van der Waals surface area contributed by atoms with E-state index in [0.29, 0.717) is 28.7 Å². The molecular formula is C24H26N2O2S2. The quantitative estimate of drug-likeness (QED) is 0.329. The molecule has 3 rings (SSSR count). The monoisotopic (exact) mass is 438 g/mol. The van der Waals surface area contributed by atoms with E-state index in [-0.39, 0.29) is 11.8 Å². The van der Waals surface area contributed by atoms with E-state index in [0.717, 1.165) is 31.2 Å². The Bertz CT molecular complexity index is 898. The normalized spacial score (nSPS) is 15.1. The third-order valence-corrected chi connectivity index (χ3v) is 6.21. The molecule has 0 aromatic heterocycles. The van der Waals surface area contributed by atoms with Crippen LogP contribution in [-0.2, 0) is 16.0 Å². The smallest absolute Gasteiger partial charge is 0.266 e. The lowest BCUT2D eigenvalue weighted by molar-refractivity contribution is -0.122. The Morgan fingerprint density at radius 1 is 1.00 bits per heavy atom. The molecule has 1 fully saturated rings. The highest BCUT2D eigenvalue weighted by atomic mass is 32.2. The molecular weight excluding hydrogens is 412 g/mol. The van der Waals surface area contributed by atoms with Gasteiger partial charge in [0, 0.05) is 19.5 Å². The van der Waals surface area contributed by atoms with Gasteiger partial charge < -0.3 is 5.32 Å². The van der Waals surface area contributed by atoms with Crippen molar-refractivity contribution in [1.29, 1.82) is 0 Å². The van der Waals surface area contributed by atoms with E-state index in [1.165, 1.54) is 17.3 Å². The fraction of sp³-hybridized carbons (Fsp3) is 0.292. The number of hydrogen-bond acceptors (Lipinski definition) is 4. The number of thiocarbonyl (C=S) groups is 1. The topological polar surface area (TPSA) is 49.4 Å². The first-order valence-electron chi connectivity index (χ1n) is 10.2. The third-order valence-electron chi connectivity index (χ3n) is 4.84. The number of unbranched alkanes of at least 4 members (excludes halogenated alkanes) is 2. The molecule has 156 valence electrons. The standard InChI is InChI=1S/C24H26N2O2S2/c27-22(25-16-15-19-10-4-1-5-11-19)14-8-3-9-17-26-23(28)21(30-24(26)29)18-20-12-6-2-7-13-20/h1-2,4-7,10-13,18H,3,8-9,14-17H2,(H,25,27)/b21-18-. The van der Waals surface area contributed by atoms with Crippen molar-refractivity contribution in [1.82, 2.24) is 10.2 Å². The average molecular weight is 439 g/mol. The Morgan fingerprint density at radius 3 is 2.43 bits per heavy atom. The Hall–Kier alpha value is -2.44. The van der Waals surface area contributed by atoms with Crippen molar-refractivity contribution in [3.63, 3.8) is 0 Å². The van der Waals surface area contributed by atoms with Gasteiger partial charge in [-0.15, -0.1) is 0 Å². The van der Waals surface area contributed by atoms with E-state index in [1.54, 1.807) is 4.90 Å². The zero-order valence-corrected chi connectivity index (χ0v) is 18.5. The van der Waals surface area contributed by atoms with Crippen molar-refractivity contribution in [2.75, 3.05) is 13.1 Å². The van der Waals surface area contributed by atoms with E-state index in [1.807, 2.05) is 54.6 Å². The maximum absolute atomic E-state index is 12.6. The number of thioether (sulfide) groups is 1. The van der Waals surface area contributed by atoms with Gasteiger partial charge in [0.1, 0.15) is 4.32 Å². The summed E-state index contributed by atoms with van der Waals surface area (Å²) in [6.07, 6.45) is 5.78. The minimum atomic E-state index is -0.0208. The molecule has 2 aromatic carbocycles. The first-order chi connectivity index (χ1) is 14.6. The van der Waals surface area contributed by atoms with Crippen LogP contribution in [0.3, 0.4) is 0 Å². The summed E-state index contributed by atoms with van der Waals surface area (Å²) in [5.74, 6) is 0.0647. The minimum Gasteiger partial charge on any atom is -0.356 e. The van der Waals surface area contributed by atoms with E-state index in [4.69, 9.17) is 12.2 Å². The first-order valence-corrected chi connectivity index (χ1v) is 11.5.